The van der Waals surface area contributed by atoms with E-state index in [1.54, 1.807) is 0 Å². The Kier molecular flexibility index (Phi) is 2.38. The van der Waals surface area contributed by atoms with Crippen molar-refractivity contribution in [3.05, 3.63) is 11.6 Å². The van der Waals surface area contributed by atoms with Gasteiger partial charge in [0.15, 0.2) is 0 Å². The van der Waals surface area contributed by atoms with Crippen LogP contribution in [0.2, 0.25) is 0 Å². The lowest BCUT2D eigenvalue weighted by atomic mass is 10.3. The van der Waals surface area contributed by atoms with Crippen LogP contribution < -0.4 is 0 Å². The zero-order chi connectivity index (χ0) is 7.56. The highest BCUT2D eigenvalue weighted by molar-refractivity contribution is 7.96. The fraction of sp³-hybridized carbons (Fsp3) is 0.571. The quantitative estimate of drug-likeness (QED) is 0.407. The van der Waals surface area contributed by atoms with Crippen molar-refractivity contribution in [2.24, 2.45) is 0 Å². The largest absolute Gasteiger partial charge is 0.466 e. The first-order chi connectivity index (χ1) is 4.74. The van der Waals surface area contributed by atoms with Crippen LogP contribution in [0.3, 0.4) is 0 Å². The molecule has 2 nitrogen and oxygen atoms in total. The molecule has 1 rings (SSSR count). The molecule has 0 saturated heterocycles. The second kappa shape index (κ2) is 3.10. The number of methoxy groups -OCH3 is 1. The van der Waals surface area contributed by atoms with Crippen molar-refractivity contribution in [1.82, 2.24) is 0 Å². The minimum absolute atomic E-state index is 0.156. The summed E-state index contributed by atoms with van der Waals surface area (Å²) in [5.41, 5.74) is 0.855. The second-order valence-electron chi connectivity index (χ2n) is 2.31. The molecule has 0 aromatic rings. The van der Waals surface area contributed by atoms with Crippen LogP contribution in [0, 0.1) is 0 Å². The number of carbonyl (C=O) groups is 1. The molecule has 0 aromatic carbocycles. The smallest absolute Gasteiger partial charge is 0.338 e. The lowest BCUT2D eigenvalue weighted by Crippen LogP contribution is -2.09. The van der Waals surface area contributed by atoms with Crippen LogP contribution in [0.1, 0.15) is 0 Å². The number of hydrogen-bond donors (Lipinski definition) is 0. The van der Waals surface area contributed by atoms with Crippen LogP contribution >= 0.6 is 0 Å². The van der Waals surface area contributed by atoms with Crippen molar-refractivity contribution in [2.75, 3.05) is 24.9 Å². The molecule has 0 spiro atoms. The van der Waals surface area contributed by atoms with E-state index >= 15 is 0 Å². The van der Waals surface area contributed by atoms with E-state index in [9.17, 15) is 4.79 Å². The zero-order valence-electron chi connectivity index (χ0n) is 6.22. The van der Waals surface area contributed by atoms with Gasteiger partial charge in [-0.3, -0.25) is 0 Å². The molecular formula is C7H11O2S+. The van der Waals surface area contributed by atoms with Gasteiger partial charge in [0, 0.05) is 0 Å². The van der Waals surface area contributed by atoms with Crippen LogP contribution in [0.4, 0.5) is 0 Å². The first-order valence-corrected chi connectivity index (χ1v) is 5.07. The number of hydrogen-bond acceptors (Lipinski definition) is 2. The van der Waals surface area contributed by atoms with Crippen molar-refractivity contribution in [2.45, 2.75) is 0 Å². The summed E-state index contributed by atoms with van der Waals surface area (Å²) in [7, 11) is 1.81. The maximum absolute atomic E-state index is 10.9. The normalized spacial score (nSPS) is 24.2. The molecule has 0 aromatic heterocycles. The van der Waals surface area contributed by atoms with E-state index in [1.807, 2.05) is 6.08 Å². The van der Waals surface area contributed by atoms with Crippen LogP contribution in [-0.2, 0) is 20.4 Å². The number of esters is 1. The van der Waals surface area contributed by atoms with Gasteiger partial charge in [0.05, 0.1) is 18.9 Å². The van der Waals surface area contributed by atoms with Crippen LogP contribution in [-0.4, -0.2) is 30.8 Å². The van der Waals surface area contributed by atoms with Crippen molar-refractivity contribution < 1.29 is 9.53 Å². The van der Waals surface area contributed by atoms with Crippen LogP contribution in [0.15, 0.2) is 11.6 Å². The monoisotopic (exact) mass is 159 g/mol. The highest BCUT2D eigenvalue weighted by atomic mass is 32.2. The van der Waals surface area contributed by atoms with Crippen molar-refractivity contribution >= 4 is 16.9 Å². The SMILES string of the molecule is COC(=O)C1=CC[S+](C)C1. The molecule has 0 radical (unpaired) electrons. The van der Waals surface area contributed by atoms with Gasteiger partial charge in [0.2, 0.25) is 0 Å². The summed E-state index contributed by atoms with van der Waals surface area (Å²) in [5, 5.41) is 0. The molecular weight excluding hydrogens is 148 g/mol. The van der Waals surface area contributed by atoms with Crippen molar-refractivity contribution in [3.63, 3.8) is 0 Å². The third-order valence-corrected chi connectivity index (χ3v) is 3.00. The molecule has 3 heteroatoms. The summed E-state index contributed by atoms with van der Waals surface area (Å²) >= 11 is 0. The van der Waals surface area contributed by atoms with E-state index in [4.69, 9.17) is 0 Å². The summed E-state index contributed by atoms with van der Waals surface area (Å²) in [6.45, 7) is 0. The highest BCUT2D eigenvalue weighted by Gasteiger charge is 2.25. The molecule has 1 aliphatic rings. The zero-order valence-corrected chi connectivity index (χ0v) is 7.03. The van der Waals surface area contributed by atoms with E-state index in [0.29, 0.717) is 10.9 Å². The first-order valence-electron chi connectivity index (χ1n) is 3.10. The molecule has 1 unspecified atom stereocenters. The number of carbonyl (C=O) groups excluding carboxylic acids is 1. The Morgan fingerprint density at radius 1 is 1.80 bits per heavy atom. The number of rotatable bonds is 1. The van der Waals surface area contributed by atoms with Crippen LogP contribution in [0.25, 0.3) is 0 Å². The Morgan fingerprint density at radius 2 is 2.50 bits per heavy atom. The Hall–Kier alpha value is -0.440. The Balaban J connectivity index is 2.51. The molecule has 1 heterocycles. The van der Waals surface area contributed by atoms with Gasteiger partial charge in [0.1, 0.15) is 11.5 Å². The average Bonchev–Trinajstić information content (AvgIpc) is 2.34. The van der Waals surface area contributed by atoms with Crippen molar-refractivity contribution in [3.8, 4) is 0 Å². The van der Waals surface area contributed by atoms with E-state index in [1.165, 1.54) is 7.11 Å². The molecule has 0 saturated carbocycles. The molecule has 1 atom stereocenters. The van der Waals surface area contributed by atoms with Gasteiger partial charge < -0.3 is 4.74 Å². The van der Waals surface area contributed by atoms with E-state index in [-0.39, 0.29) is 5.97 Å². The Labute approximate surface area is 63.6 Å². The summed E-state index contributed by atoms with van der Waals surface area (Å²) < 4.78 is 4.58. The van der Waals surface area contributed by atoms with Gasteiger partial charge in [-0.1, -0.05) is 0 Å². The first kappa shape index (κ1) is 7.66. The van der Waals surface area contributed by atoms with Gasteiger partial charge in [0.25, 0.3) is 0 Å². The summed E-state index contributed by atoms with van der Waals surface area (Å²) in [6, 6.07) is 0. The van der Waals surface area contributed by atoms with Gasteiger partial charge in [-0.2, -0.15) is 0 Å². The lowest BCUT2D eigenvalue weighted by molar-refractivity contribution is -0.135. The van der Waals surface area contributed by atoms with Gasteiger partial charge in [-0.25, -0.2) is 4.79 Å². The fourth-order valence-electron chi connectivity index (χ4n) is 0.900. The predicted molar refractivity (Wildman–Crippen MR) is 43.1 cm³/mol. The molecule has 0 amide bonds. The van der Waals surface area contributed by atoms with Gasteiger partial charge in [-0.15, -0.1) is 0 Å². The minimum Gasteiger partial charge on any atom is -0.466 e. The lowest BCUT2D eigenvalue weighted by Gasteiger charge is -1.94. The fourth-order valence-corrected chi connectivity index (χ4v) is 2.27. The Bertz CT molecular complexity index is 174. The molecule has 0 aliphatic carbocycles. The summed E-state index contributed by atoms with van der Waals surface area (Å²) in [4.78, 5) is 10.9. The van der Waals surface area contributed by atoms with Gasteiger partial charge >= 0.3 is 5.97 Å². The third kappa shape index (κ3) is 1.53. The standard InChI is InChI=1S/C7H11O2S/c1-9-7(8)6-3-4-10(2)5-6/h3H,4-5H2,1-2H3/q+1. The topological polar surface area (TPSA) is 26.3 Å². The van der Waals surface area contributed by atoms with Crippen LogP contribution in [0.5, 0.6) is 0 Å². The minimum atomic E-state index is -0.156. The highest BCUT2D eigenvalue weighted by Crippen LogP contribution is 2.12. The molecule has 0 fully saturated rings. The second-order valence-corrected chi connectivity index (χ2v) is 4.50. The number of ether oxygens (including phenoxy) is 1. The van der Waals surface area contributed by atoms with E-state index < -0.39 is 0 Å². The van der Waals surface area contributed by atoms with Crippen molar-refractivity contribution in [1.29, 1.82) is 0 Å². The average molecular weight is 159 g/mol. The van der Waals surface area contributed by atoms with E-state index in [2.05, 4.69) is 11.0 Å². The van der Waals surface area contributed by atoms with Gasteiger partial charge in [-0.05, 0) is 17.0 Å². The van der Waals surface area contributed by atoms with E-state index in [0.717, 1.165) is 17.1 Å². The maximum atomic E-state index is 10.9. The maximum Gasteiger partial charge on any atom is 0.338 e. The summed E-state index contributed by atoms with van der Waals surface area (Å²) in [6.07, 6.45) is 4.14. The molecule has 1 aliphatic heterocycles. The molecule has 0 bridgehead atoms. The molecule has 10 heavy (non-hydrogen) atoms. The molecule has 0 N–H and O–H groups in total. The Morgan fingerprint density at radius 3 is 2.90 bits per heavy atom. The predicted octanol–water partition coefficient (Wildman–Crippen LogP) is 0.347. The molecule has 56 valence electrons. The third-order valence-electron chi connectivity index (χ3n) is 1.46. The summed E-state index contributed by atoms with van der Waals surface area (Å²) in [5.74, 6) is 1.80.